The smallest absolute Gasteiger partial charge is 0.223 e. The Hall–Kier alpha value is -0.530. The van der Waals surface area contributed by atoms with Gasteiger partial charge < -0.3 is 5.32 Å². The fraction of sp³-hybridized carbons (Fsp3) is 0.857. The summed E-state index contributed by atoms with van der Waals surface area (Å²) < 4.78 is 0. The van der Waals surface area contributed by atoms with E-state index >= 15 is 0 Å². The maximum atomic E-state index is 10.8. The Bertz CT molecular complexity index is 122. The molecule has 0 saturated heterocycles. The van der Waals surface area contributed by atoms with E-state index in [-0.39, 0.29) is 5.91 Å². The summed E-state index contributed by atoms with van der Waals surface area (Å²) in [5.41, 5.74) is 0. The highest BCUT2D eigenvalue weighted by atomic mass is 16.1. The fourth-order valence-corrected chi connectivity index (χ4v) is 1.21. The summed E-state index contributed by atoms with van der Waals surface area (Å²) in [5.74, 6) is 1.26. The first kappa shape index (κ1) is 6.59. The minimum atomic E-state index is 0.224. The first-order valence-electron chi connectivity index (χ1n) is 3.51. The number of amides is 1. The monoisotopic (exact) mass is 127 g/mol. The lowest BCUT2D eigenvalue weighted by Gasteiger charge is -1.93. The second-order valence-electron chi connectivity index (χ2n) is 2.62. The van der Waals surface area contributed by atoms with Gasteiger partial charge in [0, 0.05) is 13.0 Å². The number of carbonyl (C=O) groups excluding carboxylic acids is 1. The van der Waals surface area contributed by atoms with Crippen LogP contribution in [0.25, 0.3) is 0 Å². The molecule has 2 atom stereocenters. The molecule has 0 aliphatic heterocycles. The highest BCUT2D eigenvalue weighted by molar-refractivity contribution is 5.81. The summed E-state index contributed by atoms with van der Waals surface area (Å²) >= 11 is 0. The molecule has 2 heteroatoms. The van der Waals surface area contributed by atoms with E-state index in [4.69, 9.17) is 0 Å². The normalized spacial score (nSPS) is 31.8. The molecule has 1 amide bonds. The van der Waals surface area contributed by atoms with Crippen LogP contribution in [0.15, 0.2) is 0 Å². The van der Waals surface area contributed by atoms with Crippen molar-refractivity contribution in [3.63, 3.8) is 0 Å². The van der Waals surface area contributed by atoms with Crippen molar-refractivity contribution >= 4 is 5.91 Å². The maximum Gasteiger partial charge on any atom is 0.223 e. The van der Waals surface area contributed by atoms with Crippen molar-refractivity contribution in [1.82, 2.24) is 5.32 Å². The minimum absolute atomic E-state index is 0.224. The molecule has 0 aromatic carbocycles. The number of hydrogen-bond donors (Lipinski definition) is 1. The van der Waals surface area contributed by atoms with E-state index in [1.54, 1.807) is 7.05 Å². The van der Waals surface area contributed by atoms with Gasteiger partial charge in [0.1, 0.15) is 0 Å². The third kappa shape index (κ3) is 1.23. The Balaban J connectivity index is 2.25. The summed E-state index contributed by atoms with van der Waals surface area (Å²) in [7, 11) is 1.70. The van der Waals surface area contributed by atoms with Crippen LogP contribution < -0.4 is 5.32 Å². The predicted octanol–water partition coefficient (Wildman–Crippen LogP) is 0.778. The van der Waals surface area contributed by atoms with Crippen LogP contribution in [0.4, 0.5) is 0 Å². The SMILES string of the molecule is CC[C@@H]1C[C@@H]1C(=O)NC. The van der Waals surface area contributed by atoms with Gasteiger partial charge in [0.15, 0.2) is 0 Å². The zero-order valence-corrected chi connectivity index (χ0v) is 5.98. The molecule has 1 N–H and O–H groups in total. The molecule has 0 bridgehead atoms. The quantitative estimate of drug-likeness (QED) is 0.583. The van der Waals surface area contributed by atoms with Gasteiger partial charge in [-0.3, -0.25) is 4.79 Å². The number of carbonyl (C=O) groups is 1. The standard InChI is InChI=1S/C7H13NO/c1-3-5-4-6(5)7(9)8-2/h5-6H,3-4H2,1-2H3,(H,8,9)/t5-,6+/m1/s1. The summed E-state index contributed by atoms with van der Waals surface area (Å²) in [4.78, 5) is 10.8. The predicted molar refractivity (Wildman–Crippen MR) is 36.0 cm³/mol. The molecular formula is C7H13NO. The number of rotatable bonds is 2. The van der Waals surface area contributed by atoms with Gasteiger partial charge in [-0.05, 0) is 12.3 Å². The van der Waals surface area contributed by atoms with Crippen LogP contribution in [0.1, 0.15) is 19.8 Å². The van der Waals surface area contributed by atoms with E-state index in [9.17, 15) is 4.79 Å². The molecule has 0 radical (unpaired) electrons. The molecule has 0 spiro atoms. The zero-order chi connectivity index (χ0) is 6.85. The molecule has 2 nitrogen and oxygen atoms in total. The van der Waals surface area contributed by atoms with Crippen LogP contribution in [-0.2, 0) is 4.79 Å². The Labute approximate surface area is 55.6 Å². The first-order valence-corrected chi connectivity index (χ1v) is 3.51. The van der Waals surface area contributed by atoms with Crippen molar-refractivity contribution < 1.29 is 4.79 Å². The van der Waals surface area contributed by atoms with Crippen LogP contribution in [0, 0.1) is 11.8 Å². The van der Waals surface area contributed by atoms with E-state index in [1.807, 2.05) is 0 Å². The van der Waals surface area contributed by atoms with E-state index in [1.165, 1.54) is 0 Å². The van der Waals surface area contributed by atoms with Crippen molar-refractivity contribution in [3.05, 3.63) is 0 Å². The highest BCUT2D eigenvalue weighted by Gasteiger charge is 2.40. The first-order chi connectivity index (χ1) is 4.29. The van der Waals surface area contributed by atoms with E-state index in [2.05, 4.69) is 12.2 Å². The van der Waals surface area contributed by atoms with Crippen molar-refractivity contribution in [2.45, 2.75) is 19.8 Å². The Morgan fingerprint density at radius 3 is 2.78 bits per heavy atom. The summed E-state index contributed by atoms with van der Waals surface area (Å²) in [5, 5.41) is 2.65. The summed E-state index contributed by atoms with van der Waals surface area (Å²) in [6.07, 6.45) is 2.26. The molecule has 52 valence electrons. The largest absolute Gasteiger partial charge is 0.359 e. The molecule has 1 aliphatic carbocycles. The zero-order valence-electron chi connectivity index (χ0n) is 5.98. The third-order valence-corrected chi connectivity index (χ3v) is 2.03. The molecule has 0 aromatic heterocycles. The van der Waals surface area contributed by atoms with Gasteiger partial charge in [0.25, 0.3) is 0 Å². The van der Waals surface area contributed by atoms with Gasteiger partial charge in [-0.2, -0.15) is 0 Å². The summed E-state index contributed by atoms with van der Waals surface area (Å²) in [6, 6.07) is 0. The third-order valence-electron chi connectivity index (χ3n) is 2.03. The summed E-state index contributed by atoms with van der Waals surface area (Å²) in [6.45, 7) is 2.13. The lowest BCUT2D eigenvalue weighted by atomic mass is 10.2. The van der Waals surface area contributed by atoms with E-state index in [0.717, 1.165) is 12.8 Å². The van der Waals surface area contributed by atoms with Gasteiger partial charge in [-0.25, -0.2) is 0 Å². The van der Waals surface area contributed by atoms with Gasteiger partial charge >= 0.3 is 0 Å². The average Bonchev–Trinajstić information content (AvgIpc) is 2.64. The van der Waals surface area contributed by atoms with Gasteiger partial charge in [0.2, 0.25) is 5.91 Å². The second-order valence-corrected chi connectivity index (χ2v) is 2.62. The van der Waals surface area contributed by atoms with Crippen molar-refractivity contribution in [3.8, 4) is 0 Å². The number of nitrogens with one attached hydrogen (secondary N) is 1. The van der Waals surface area contributed by atoms with Gasteiger partial charge in [0.05, 0.1) is 0 Å². The highest BCUT2D eigenvalue weighted by Crippen LogP contribution is 2.40. The van der Waals surface area contributed by atoms with Crippen LogP contribution in [0.3, 0.4) is 0 Å². The lowest BCUT2D eigenvalue weighted by molar-refractivity contribution is -0.122. The molecule has 1 saturated carbocycles. The second kappa shape index (κ2) is 2.38. The van der Waals surface area contributed by atoms with Crippen LogP contribution in [-0.4, -0.2) is 13.0 Å². The van der Waals surface area contributed by atoms with Crippen LogP contribution in [0.5, 0.6) is 0 Å². The van der Waals surface area contributed by atoms with Gasteiger partial charge in [-0.15, -0.1) is 0 Å². The molecule has 0 heterocycles. The maximum absolute atomic E-state index is 10.8. The average molecular weight is 127 g/mol. The molecule has 0 unspecified atom stereocenters. The fourth-order valence-electron chi connectivity index (χ4n) is 1.21. The molecule has 9 heavy (non-hydrogen) atoms. The van der Waals surface area contributed by atoms with Crippen molar-refractivity contribution in [2.24, 2.45) is 11.8 Å². The lowest BCUT2D eigenvalue weighted by Crippen LogP contribution is -2.20. The molecule has 0 aromatic rings. The Morgan fingerprint density at radius 2 is 2.44 bits per heavy atom. The van der Waals surface area contributed by atoms with E-state index in [0.29, 0.717) is 11.8 Å². The van der Waals surface area contributed by atoms with E-state index < -0.39 is 0 Å². The van der Waals surface area contributed by atoms with Crippen molar-refractivity contribution in [2.75, 3.05) is 7.05 Å². The molecular weight excluding hydrogens is 114 g/mol. The molecule has 1 rings (SSSR count). The van der Waals surface area contributed by atoms with Crippen molar-refractivity contribution in [1.29, 1.82) is 0 Å². The van der Waals surface area contributed by atoms with Crippen LogP contribution >= 0.6 is 0 Å². The van der Waals surface area contributed by atoms with Crippen LogP contribution in [0.2, 0.25) is 0 Å². The number of hydrogen-bond acceptors (Lipinski definition) is 1. The minimum Gasteiger partial charge on any atom is -0.359 e. The van der Waals surface area contributed by atoms with Gasteiger partial charge in [-0.1, -0.05) is 13.3 Å². The Morgan fingerprint density at radius 1 is 1.78 bits per heavy atom. The molecule has 1 aliphatic rings. The molecule has 1 fully saturated rings. The topological polar surface area (TPSA) is 29.1 Å². The Kier molecular flexibility index (Phi) is 1.74.